The van der Waals surface area contributed by atoms with Gasteiger partial charge in [0, 0.05) is 19.7 Å². The second-order valence-corrected chi connectivity index (χ2v) is 13.3. The zero-order valence-electron chi connectivity index (χ0n) is 29.0. The molecule has 5 aromatic rings. The lowest BCUT2D eigenvalue weighted by Gasteiger charge is -2.46. The molecule has 6 rings (SSSR count). The number of carbonyl (C=O) groups is 1. The molecule has 0 spiro atoms. The normalized spacial score (nSPS) is 17.4. The molecular formula is C41H43BO8. The molecule has 0 aliphatic carbocycles. The van der Waals surface area contributed by atoms with Crippen LogP contribution in [0.3, 0.4) is 0 Å². The summed E-state index contributed by atoms with van der Waals surface area (Å²) < 4.78 is 38.9. The molecule has 1 aliphatic heterocycles. The van der Waals surface area contributed by atoms with Gasteiger partial charge in [-0.2, -0.15) is 0 Å². The molecule has 4 aromatic carbocycles. The van der Waals surface area contributed by atoms with E-state index in [0.29, 0.717) is 5.46 Å². The first-order valence-corrected chi connectivity index (χ1v) is 16.7. The number of carbonyl (C=O) groups excluding carboxylic acids is 1. The molecule has 1 aromatic heterocycles. The highest BCUT2D eigenvalue weighted by Crippen LogP contribution is 2.50. The third-order valence-electron chi connectivity index (χ3n) is 9.14. The molecule has 1 saturated heterocycles. The Balaban J connectivity index is 1.55. The van der Waals surface area contributed by atoms with Gasteiger partial charge in [0.15, 0.2) is 0 Å². The fourth-order valence-corrected chi connectivity index (χ4v) is 7.07. The van der Waals surface area contributed by atoms with Crippen LogP contribution in [0.4, 0.5) is 0 Å². The minimum absolute atomic E-state index is 0.144. The van der Waals surface area contributed by atoms with Crippen LogP contribution in [0.25, 0.3) is 0 Å². The Morgan fingerprint density at radius 1 is 0.680 bits per heavy atom. The molecule has 8 nitrogen and oxygen atoms in total. The largest absolute Gasteiger partial charge is 0.498 e. The minimum Gasteiger partial charge on any atom is -0.467 e. The Labute approximate surface area is 294 Å². The number of aliphatic hydroxyl groups is 1. The van der Waals surface area contributed by atoms with Crippen LogP contribution in [0.5, 0.6) is 0 Å². The number of aliphatic hydroxyl groups excluding tert-OH is 1. The maximum absolute atomic E-state index is 12.7. The molecule has 0 amide bonds. The summed E-state index contributed by atoms with van der Waals surface area (Å²) in [7, 11) is 2.28. The van der Waals surface area contributed by atoms with Crippen molar-refractivity contribution in [2.24, 2.45) is 0 Å². The van der Waals surface area contributed by atoms with E-state index in [9.17, 15) is 9.90 Å². The fraction of sp³-hybridized carbons (Fsp3) is 0.293. The average molecular weight is 675 g/mol. The Kier molecular flexibility index (Phi) is 10.4. The summed E-state index contributed by atoms with van der Waals surface area (Å²) >= 11 is 0. The van der Waals surface area contributed by atoms with E-state index in [0.717, 1.165) is 22.3 Å². The Bertz CT molecular complexity index is 1640. The van der Waals surface area contributed by atoms with E-state index < -0.39 is 48.2 Å². The van der Waals surface area contributed by atoms with Gasteiger partial charge in [-0.1, -0.05) is 121 Å². The average Bonchev–Trinajstić information content (AvgIpc) is 3.80. The van der Waals surface area contributed by atoms with Crippen molar-refractivity contribution in [2.75, 3.05) is 14.2 Å². The van der Waals surface area contributed by atoms with E-state index in [1.807, 2.05) is 121 Å². The number of ether oxygens (including phenoxy) is 3. The lowest BCUT2D eigenvalue weighted by molar-refractivity contribution is -0.157. The van der Waals surface area contributed by atoms with Crippen LogP contribution in [-0.4, -0.2) is 50.2 Å². The highest BCUT2D eigenvalue weighted by atomic mass is 16.7. The van der Waals surface area contributed by atoms with Crippen molar-refractivity contribution in [2.45, 2.75) is 62.3 Å². The molecule has 50 heavy (non-hydrogen) atoms. The molecular weight excluding hydrogens is 631 g/mol. The number of esters is 1. The highest BCUT2D eigenvalue weighted by Gasteiger charge is 2.62. The summed E-state index contributed by atoms with van der Waals surface area (Å²) in [5, 5.41) is 11.3. The maximum atomic E-state index is 12.7. The molecule has 0 unspecified atom stereocenters. The second-order valence-electron chi connectivity index (χ2n) is 13.3. The zero-order chi connectivity index (χ0) is 35.4. The van der Waals surface area contributed by atoms with Gasteiger partial charge in [-0.3, -0.25) is 4.79 Å². The van der Waals surface area contributed by atoms with Crippen molar-refractivity contribution in [1.29, 1.82) is 0 Å². The zero-order valence-corrected chi connectivity index (χ0v) is 29.0. The summed E-state index contributed by atoms with van der Waals surface area (Å²) in [6.45, 7) is 5.33. The van der Waals surface area contributed by atoms with Gasteiger partial charge in [0.05, 0.1) is 12.7 Å². The first-order chi connectivity index (χ1) is 24.1. The lowest BCUT2D eigenvalue weighted by atomic mass is 9.71. The molecule has 0 bridgehead atoms. The number of hydrogen-bond acceptors (Lipinski definition) is 8. The van der Waals surface area contributed by atoms with E-state index in [2.05, 4.69) is 0 Å². The first kappa shape index (κ1) is 35.3. The number of hydrogen-bond donors (Lipinski definition) is 1. The summed E-state index contributed by atoms with van der Waals surface area (Å²) in [5.74, 6) is -0.417. The van der Waals surface area contributed by atoms with Crippen molar-refractivity contribution in [3.8, 4) is 0 Å². The number of benzene rings is 4. The first-order valence-electron chi connectivity index (χ1n) is 16.7. The smallest absolute Gasteiger partial charge is 0.467 e. The third-order valence-corrected chi connectivity index (χ3v) is 9.14. The summed E-state index contributed by atoms with van der Waals surface area (Å²) in [6, 6.07) is 41.3. The summed E-state index contributed by atoms with van der Waals surface area (Å²) in [6.07, 6.45) is -1.88. The molecule has 1 N–H and O–H groups in total. The van der Waals surface area contributed by atoms with Gasteiger partial charge in [-0.15, -0.1) is 0 Å². The number of furan rings is 1. The van der Waals surface area contributed by atoms with Crippen LogP contribution in [0.1, 0.15) is 61.3 Å². The lowest BCUT2D eigenvalue weighted by Crippen LogP contribution is -2.56. The van der Waals surface area contributed by atoms with Gasteiger partial charge in [-0.25, -0.2) is 0 Å². The Hall–Kier alpha value is -4.51. The predicted octanol–water partition coefficient (Wildman–Crippen LogP) is 6.70. The third kappa shape index (κ3) is 6.67. The highest BCUT2D eigenvalue weighted by molar-refractivity contribution is 6.62. The van der Waals surface area contributed by atoms with Crippen molar-refractivity contribution < 1.29 is 37.8 Å². The van der Waals surface area contributed by atoms with Crippen molar-refractivity contribution in [3.63, 3.8) is 0 Å². The van der Waals surface area contributed by atoms with E-state index in [4.69, 9.17) is 27.9 Å². The summed E-state index contributed by atoms with van der Waals surface area (Å²) in [5.41, 5.74) is 0.673. The van der Waals surface area contributed by atoms with Gasteiger partial charge in [0.2, 0.25) is 0 Å². The van der Waals surface area contributed by atoms with Crippen LogP contribution >= 0.6 is 0 Å². The Morgan fingerprint density at radius 2 is 1.06 bits per heavy atom. The van der Waals surface area contributed by atoms with Gasteiger partial charge in [0.1, 0.15) is 40.9 Å². The van der Waals surface area contributed by atoms with Crippen LogP contribution < -0.4 is 5.46 Å². The van der Waals surface area contributed by atoms with E-state index in [1.54, 1.807) is 41.1 Å². The number of rotatable bonds is 12. The second kappa shape index (κ2) is 14.8. The van der Waals surface area contributed by atoms with E-state index in [-0.39, 0.29) is 12.2 Å². The Morgan fingerprint density at radius 3 is 1.40 bits per heavy atom. The number of methoxy groups -OCH3 is 2. The van der Waals surface area contributed by atoms with Crippen molar-refractivity contribution in [1.82, 2.24) is 0 Å². The van der Waals surface area contributed by atoms with Crippen LogP contribution in [0, 0.1) is 0 Å². The monoisotopic (exact) mass is 674 g/mol. The van der Waals surface area contributed by atoms with Crippen LogP contribution in [-0.2, 0) is 39.5 Å². The van der Waals surface area contributed by atoms with Gasteiger partial charge in [0.25, 0.3) is 0 Å². The van der Waals surface area contributed by atoms with Crippen molar-refractivity contribution >= 4 is 18.6 Å². The van der Waals surface area contributed by atoms with Gasteiger partial charge >= 0.3 is 13.1 Å². The van der Waals surface area contributed by atoms with Gasteiger partial charge in [-0.05, 0) is 49.1 Å². The molecule has 2 heterocycles. The molecule has 0 radical (unpaired) electrons. The van der Waals surface area contributed by atoms with E-state index >= 15 is 0 Å². The standard InChI is InChI=1S/C41H43BO8/c1-39(2,3)48-35(44)28-34(43)36-33(26-27-47-36)42-49-37(40(45-4,29-18-10-6-11-19-29)30-20-12-7-13-21-30)38(50-42)41(46-5,31-22-14-8-15-23-31)32-24-16-9-17-25-32/h6-27,34,37-38,43H,28H2,1-5H3/t34-,37+,38+/m0/s1. The van der Waals surface area contributed by atoms with E-state index in [1.165, 1.54) is 6.26 Å². The minimum atomic E-state index is -1.31. The van der Waals surface area contributed by atoms with Gasteiger partial charge < -0.3 is 33.0 Å². The SMILES string of the molecule is COC(c1ccccc1)(c1ccccc1)[C@@H]1OB(c2ccoc2[C@@H](O)CC(=O)OC(C)(C)C)O[C@H]1C(OC)(c1ccccc1)c1ccccc1. The molecule has 258 valence electrons. The predicted molar refractivity (Wildman–Crippen MR) is 191 cm³/mol. The molecule has 1 fully saturated rings. The molecule has 9 heteroatoms. The van der Waals surface area contributed by atoms with Crippen LogP contribution in [0.2, 0.25) is 0 Å². The molecule has 3 atom stereocenters. The topological polar surface area (TPSA) is 96.6 Å². The summed E-state index contributed by atoms with van der Waals surface area (Å²) in [4.78, 5) is 12.7. The molecule has 0 saturated carbocycles. The van der Waals surface area contributed by atoms with Crippen molar-refractivity contribution in [3.05, 3.63) is 162 Å². The maximum Gasteiger partial charge on any atom is 0.498 e. The molecule has 1 aliphatic rings. The quantitative estimate of drug-likeness (QED) is 0.115. The fourth-order valence-electron chi connectivity index (χ4n) is 7.07. The van der Waals surface area contributed by atoms with Crippen LogP contribution in [0.15, 0.2) is 138 Å².